The monoisotopic (exact) mass is 115 g/mol. The number of ketones is 1. The smallest absolute Gasteiger partial charge is 0.134 e. The first-order valence-electron chi connectivity index (χ1n) is 2.81. The van der Waals surface area contributed by atoms with Gasteiger partial charge in [-0.05, 0) is 13.8 Å². The number of rotatable bonds is 2. The fourth-order valence-electron chi connectivity index (χ4n) is 0.370. The first-order chi connectivity index (χ1) is 3.55. The van der Waals surface area contributed by atoms with E-state index in [0.717, 1.165) is 0 Å². The number of hydrogen-bond acceptors (Lipinski definition) is 2. The number of hydrogen-bond donors (Lipinski definition) is 1. The fourth-order valence-corrected chi connectivity index (χ4v) is 0.370. The van der Waals surface area contributed by atoms with Gasteiger partial charge in [-0.25, -0.2) is 0 Å². The summed E-state index contributed by atoms with van der Waals surface area (Å²) in [5.41, 5.74) is 5.42. The standard InChI is InChI=1S/C6H13NO/c1-4(5(2)7)6(3)8/h4-5H,7H2,1-3H3/t4-,5+/m1/s1. The van der Waals surface area contributed by atoms with E-state index in [0.29, 0.717) is 0 Å². The van der Waals surface area contributed by atoms with Gasteiger partial charge in [0.25, 0.3) is 0 Å². The molecule has 0 unspecified atom stereocenters. The van der Waals surface area contributed by atoms with Crippen molar-refractivity contribution in [1.82, 2.24) is 0 Å². The van der Waals surface area contributed by atoms with Gasteiger partial charge < -0.3 is 5.73 Å². The zero-order chi connectivity index (χ0) is 6.73. The Labute approximate surface area is 50.1 Å². The third-order valence-electron chi connectivity index (χ3n) is 1.43. The van der Waals surface area contributed by atoms with Crippen LogP contribution in [0.4, 0.5) is 0 Å². The van der Waals surface area contributed by atoms with Crippen molar-refractivity contribution in [1.29, 1.82) is 0 Å². The molecule has 0 aliphatic rings. The Morgan fingerprint density at radius 1 is 1.50 bits per heavy atom. The average molecular weight is 115 g/mol. The Kier molecular flexibility index (Phi) is 2.69. The molecule has 0 aromatic rings. The summed E-state index contributed by atoms with van der Waals surface area (Å²) in [6.45, 7) is 5.24. The highest BCUT2D eigenvalue weighted by Crippen LogP contribution is 1.99. The van der Waals surface area contributed by atoms with E-state index in [1.807, 2.05) is 13.8 Å². The van der Waals surface area contributed by atoms with Crippen molar-refractivity contribution in [2.45, 2.75) is 26.8 Å². The molecule has 0 saturated heterocycles. The maximum atomic E-state index is 10.5. The molecule has 0 spiro atoms. The minimum Gasteiger partial charge on any atom is -0.327 e. The lowest BCUT2D eigenvalue weighted by Gasteiger charge is -2.09. The zero-order valence-corrected chi connectivity index (χ0v) is 5.64. The van der Waals surface area contributed by atoms with Crippen LogP contribution < -0.4 is 5.73 Å². The van der Waals surface area contributed by atoms with Gasteiger partial charge in [-0.3, -0.25) is 4.79 Å². The molecule has 0 saturated carbocycles. The first kappa shape index (κ1) is 7.63. The normalized spacial score (nSPS) is 17.5. The summed E-state index contributed by atoms with van der Waals surface area (Å²) >= 11 is 0. The molecule has 2 N–H and O–H groups in total. The van der Waals surface area contributed by atoms with Gasteiger partial charge in [-0.15, -0.1) is 0 Å². The lowest BCUT2D eigenvalue weighted by molar-refractivity contribution is -0.120. The second-order valence-electron chi connectivity index (χ2n) is 2.26. The molecule has 0 aliphatic heterocycles. The van der Waals surface area contributed by atoms with E-state index < -0.39 is 0 Å². The van der Waals surface area contributed by atoms with E-state index in [2.05, 4.69) is 0 Å². The lowest BCUT2D eigenvalue weighted by atomic mass is 10.0. The molecule has 0 radical (unpaired) electrons. The fraction of sp³-hybridized carbons (Fsp3) is 0.833. The van der Waals surface area contributed by atoms with Gasteiger partial charge in [0.05, 0.1) is 0 Å². The average Bonchev–Trinajstić information content (AvgIpc) is 1.64. The van der Waals surface area contributed by atoms with Gasteiger partial charge in [0, 0.05) is 12.0 Å². The highest BCUT2D eigenvalue weighted by molar-refractivity contribution is 5.78. The van der Waals surface area contributed by atoms with Crippen LogP contribution in [0.5, 0.6) is 0 Å². The molecule has 0 aromatic heterocycles. The quantitative estimate of drug-likeness (QED) is 0.571. The summed E-state index contributed by atoms with van der Waals surface area (Å²) in [6, 6.07) is -0.00694. The summed E-state index contributed by atoms with van der Waals surface area (Å²) in [6.07, 6.45) is 0. The van der Waals surface area contributed by atoms with Gasteiger partial charge in [-0.2, -0.15) is 0 Å². The maximum Gasteiger partial charge on any atom is 0.134 e. The van der Waals surface area contributed by atoms with Crippen LogP contribution in [0.15, 0.2) is 0 Å². The van der Waals surface area contributed by atoms with Crippen molar-refractivity contribution < 1.29 is 4.79 Å². The number of carbonyl (C=O) groups excluding carboxylic acids is 1. The number of Topliss-reactive ketones (excluding diaryl/α,β-unsaturated/α-hetero) is 1. The summed E-state index contributed by atoms with van der Waals surface area (Å²) in [5, 5.41) is 0. The maximum absolute atomic E-state index is 10.5. The third-order valence-corrected chi connectivity index (χ3v) is 1.43. The van der Waals surface area contributed by atoms with Crippen LogP contribution in [0.1, 0.15) is 20.8 Å². The lowest BCUT2D eigenvalue weighted by Crippen LogP contribution is -2.28. The molecule has 0 rings (SSSR count). The molecule has 2 nitrogen and oxygen atoms in total. The van der Waals surface area contributed by atoms with E-state index >= 15 is 0 Å². The minimum absolute atomic E-state index is 0.00694. The molecule has 0 aromatic carbocycles. The second kappa shape index (κ2) is 2.82. The van der Waals surface area contributed by atoms with Crippen molar-refractivity contribution in [3.8, 4) is 0 Å². The zero-order valence-electron chi connectivity index (χ0n) is 5.64. The minimum atomic E-state index is -0.00694. The predicted octanol–water partition coefficient (Wildman–Crippen LogP) is 0.559. The van der Waals surface area contributed by atoms with E-state index in [9.17, 15) is 4.79 Å². The molecule has 0 bridgehead atoms. The molecule has 0 fully saturated rings. The molecule has 0 amide bonds. The van der Waals surface area contributed by atoms with Crippen LogP contribution in [-0.4, -0.2) is 11.8 Å². The predicted molar refractivity (Wildman–Crippen MR) is 33.5 cm³/mol. The second-order valence-corrected chi connectivity index (χ2v) is 2.26. The van der Waals surface area contributed by atoms with Crippen LogP contribution in [0.2, 0.25) is 0 Å². The van der Waals surface area contributed by atoms with Crippen molar-refractivity contribution in [2.75, 3.05) is 0 Å². The third kappa shape index (κ3) is 2.07. The SMILES string of the molecule is CC(=O)[C@H](C)[C@H](C)N. The largest absolute Gasteiger partial charge is 0.327 e. The van der Waals surface area contributed by atoms with Gasteiger partial charge in [0.1, 0.15) is 5.78 Å². The van der Waals surface area contributed by atoms with Crippen LogP contribution >= 0.6 is 0 Å². The molecule has 48 valence electrons. The summed E-state index contributed by atoms with van der Waals surface area (Å²) < 4.78 is 0. The van der Waals surface area contributed by atoms with Crippen LogP contribution in [0.3, 0.4) is 0 Å². The van der Waals surface area contributed by atoms with E-state index in [-0.39, 0.29) is 17.7 Å². The summed E-state index contributed by atoms with van der Waals surface area (Å²) in [7, 11) is 0. The van der Waals surface area contributed by atoms with Crippen molar-refractivity contribution in [3.05, 3.63) is 0 Å². The Balaban J connectivity index is 3.64. The highest BCUT2D eigenvalue weighted by atomic mass is 16.1. The molecule has 0 aliphatic carbocycles. The Morgan fingerprint density at radius 2 is 1.88 bits per heavy atom. The molecule has 2 heteroatoms. The van der Waals surface area contributed by atoms with Gasteiger partial charge in [0.2, 0.25) is 0 Å². The summed E-state index contributed by atoms with van der Waals surface area (Å²) in [4.78, 5) is 10.5. The topological polar surface area (TPSA) is 43.1 Å². The Bertz CT molecular complexity index is 88.5. The molecular formula is C6H13NO. The molecule has 8 heavy (non-hydrogen) atoms. The van der Waals surface area contributed by atoms with Crippen molar-refractivity contribution in [2.24, 2.45) is 11.7 Å². The van der Waals surface area contributed by atoms with Crippen molar-refractivity contribution >= 4 is 5.78 Å². The first-order valence-corrected chi connectivity index (χ1v) is 2.81. The van der Waals surface area contributed by atoms with Gasteiger partial charge in [0.15, 0.2) is 0 Å². The summed E-state index contributed by atoms with van der Waals surface area (Å²) in [5.74, 6) is 0.176. The number of nitrogens with two attached hydrogens (primary N) is 1. The number of carbonyl (C=O) groups is 1. The Hall–Kier alpha value is -0.370. The molecule has 2 atom stereocenters. The van der Waals surface area contributed by atoms with Gasteiger partial charge in [-0.1, -0.05) is 6.92 Å². The van der Waals surface area contributed by atoms with E-state index in [4.69, 9.17) is 5.73 Å². The van der Waals surface area contributed by atoms with Crippen LogP contribution in [-0.2, 0) is 4.79 Å². The van der Waals surface area contributed by atoms with E-state index in [1.54, 1.807) is 6.92 Å². The van der Waals surface area contributed by atoms with Crippen LogP contribution in [0, 0.1) is 5.92 Å². The van der Waals surface area contributed by atoms with Crippen LogP contribution in [0.25, 0.3) is 0 Å². The van der Waals surface area contributed by atoms with Gasteiger partial charge >= 0.3 is 0 Å². The molecule has 0 heterocycles. The Morgan fingerprint density at radius 3 is 1.88 bits per heavy atom. The molecular weight excluding hydrogens is 102 g/mol. The van der Waals surface area contributed by atoms with E-state index in [1.165, 1.54) is 0 Å². The van der Waals surface area contributed by atoms with Crippen molar-refractivity contribution in [3.63, 3.8) is 0 Å². The highest BCUT2D eigenvalue weighted by Gasteiger charge is 2.10.